The zero-order valence-corrected chi connectivity index (χ0v) is 9.30. The smallest absolute Gasteiger partial charge is 0.0506 e. The monoisotopic (exact) mass is 189 g/mol. The normalized spacial score (nSPS) is 12.5. The minimum absolute atomic E-state index is 0.278. The van der Waals surface area contributed by atoms with Crippen molar-refractivity contribution < 1.29 is 0 Å². The zero-order chi connectivity index (χ0) is 10.6. The lowest BCUT2D eigenvalue weighted by Gasteiger charge is -2.16. The van der Waals surface area contributed by atoms with Gasteiger partial charge in [0.15, 0.2) is 0 Å². The van der Waals surface area contributed by atoms with Crippen LogP contribution in [-0.4, -0.2) is 6.54 Å². The molecule has 0 aromatic heterocycles. The van der Waals surface area contributed by atoms with Crippen LogP contribution in [0.5, 0.6) is 0 Å². The van der Waals surface area contributed by atoms with Crippen LogP contribution < -0.4 is 5.32 Å². The van der Waals surface area contributed by atoms with Gasteiger partial charge in [0.2, 0.25) is 0 Å². The number of aryl methyl sites for hydroxylation is 2. The average Bonchev–Trinajstić information content (AvgIpc) is 2.15. The van der Waals surface area contributed by atoms with Gasteiger partial charge in [0.25, 0.3) is 0 Å². The molecule has 1 nitrogen and oxygen atoms in total. The van der Waals surface area contributed by atoms with E-state index in [-0.39, 0.29) is 6.04 Å². The zero-order valence-electron chi connectivity index (χ0n) is 9.30. The first-order valence-electron chi connectivity index (χ1n) is 5.12. The Hall–Kier alpha value is -1.08. The maximum atomic E-state index is 3.86. The summed E-state index contributed by atoms with van der Waals surface area (Å²) in [5, 5.41) is 3.39. The Morgan fingerprint density at radius 1 is 1.43 bits per heavy atom. The summed E-state index contributed by atoms with van der Waals surface area (Å²) in [7, 11) is 0. The van der Waals surface area contributed by atoms with Crippen molar-refractivity contribution in [2.75, 3.05) is 6.54 Å². The molecular formula is C13H19N. The molecular weight excluding hydrogens is 170 g/mol. The van der Waals surface area contributed by atoms with Gasteiger partial charge in [-0.1, -0.05) is 36.8 Å². The molecule has 1 aromatic rings. The molecule has 0 heterocycles. The second-order valence-corrected chi connectivity index (χ2v) is 3.63. The summed E-state index contributed by atoms with van der Waals surface area (Å²) in [5.74, 6) is 0. The van der Waals surface area contributed by atoms with E-state index in [2.05, 4.69) is 50.9 Å². The lowest BCUT2D eigenvalue weighted by Crippen LogP contribution is -2.19. The second-order valence-electron chi connectivity index (χ2n) is 3.63. The molecule has 1 unspecified atom stereocenters. The maximum absolute atomic E-state index is 3.86. The van der Waals surface area contributed by atoms with Crippen molar-refractivity contribution in [3.05, 3.63) is 47.5 Å². The molecule has 0 aliphatic carbocycles. The molecule has 1 heteroatoms. The van der Waals surface area contributed by atoms with Crippen molar-refractivity contribution in [2.24, 2.45) is 0 Å². The van der Waals surface area contributed by atoms with Gasteiger partial charge in [0.05, 0.1) is 6.04 Å². The molecule has 0 radical (unpaired) electrons. The lowest BCUT2D eigenvalue weighted by molar-refractivity contribution is 0.646. The Morgan fingerprint density at radius 3 is 2.64 bits per heavy atom. The summed E-state index contributed by atoms with van der Waals surface area (Å²) in [5.41, 5.74) is 3.97. The van der Waals surface area contributed by atoms with E-state index in [0.717, 1.165) is 6.54 Å². The van der Waals surface area contributed by atoms with Crippen molar-refractivity contribution in [3.63, 3.8) is 0 Å². The highest BCUT2D eigenvalue weighted by Crippen LogP contribution is 2.19. The third kappa shape index (κ3) is 2.46. The van der Waals surface area contributed by atoms with E-state index in [9.17, 15) is 0 Å². The summed E-state index contributed by atoms with van der Waals surface area (Å²) in [6.07, 6.45) is 1.96. The van der Waals surface area contributed by atoms with Crippen LogP contribution in [0.4, 0.5) is 0 Å². The summed E-state index contributed by atoms with van der Waals surface area (Å²) < 4.78 is 0. The van der Waals surface area contributed by atoms with E-state index in [1.54, 1.807) is 0 Å². The second kappa shape index (κ2) is 4.97. The van der Waals surface area contributed by atoms with Gasteiger partial charge in [0, 0.05) is 0 Å². The Bertz CT molecular complexity index is 315. The van der Waals surface area contributed by atoms with Crippen LogP contribution >= 0.6 is 0 Å². The molecule has 0 aliphatic heterocycles. The van der Waals surface area contributed by atoms with Gasteiger partial charge in [-0.2, -0.15) is 0 Å². The van der Waals surface area contributed by atoms with Gasteiger partial charge in [-0.15, -0.1) is 6.58 Å². The lowest BCUT2D eigenvalue weighted by atomic mass is 9.99. The largest absolute Gasteiger partial charge is 0.307 e. The third-order valence-electron chi connectivity index (χ3n) is 2.42. The van der Waals surface area contributed by atoms with Crippen molar-refractivity contribution in [3.8, 4) is 0 Å². The van der Waals surface area contributed by atoms with E-state index >= 15 is 0 Å². The molecule has 76 valence electrons. The molecule has 14 heavy (non-hydrogen) atoms. The molecule has 0 saturated carbocycles. The summed E-state index contributed by atoms with van der Waals surface area (Å²) in [6, 6.07) is 6.82. The van der Waals surface area contributed by atoms with Gasteiger partial charge in [-0.05, 0) is 31.5 Å². The molecule has 0 bridgehead atoms. The van der Waals surface area contributed by atoms with Crippen LogP contribution in [0.15, 0.2) is 30.9 Å². The van der Waals surface area contributed by atoms with Crippen LogP contribution in [0, 0.1) is 13.8 Å². The standard InChI is InChI=1S/C13H19N/c1-5-13(14-6-2)12-8-7-10(3)9-11(12)4/h5,7-9,13-14H,1,6H2,2-4H3. The van der Waals surface area contributed by atoms with Crippen LogP contribution in [0.2, 0.25) is 0 Å². The number of nitrogens with one attached hydrogen (secondary N) is 1. The van der Waals surface area contributed by atoms with E-state index in [1.165, 1.54) is 16.7 Å². The Labute approximate surface area is 86.8 Å². The van der Waals surface area contributed by atoms with Gasteiger partial charge in [-0.3, -0.25) is 0 Å². The first-order valence-corrected chi connectivity index (χ1v) is 5.12. The molecule has 1 N–H and O–H groups in total. The minimum Gasteiger partial charge on any atom is -0.307 e. The molecule has 0 amide bonds. The van der Waals surface area contributed by atoms with Crippen molar-refractivity contribution in [1.29, 1.82) is 0 Å². The highest BCUT2D eigenvalue weighted by atomic mass is 14.9. The fourth-order valence-electron chi connectivity index (χ4n) is 1.71. The third-order valence-corrected chi connectivity index (χ3v) is 2.42. The van der Waals surface area contributed by atoms with Crippen molar-refractivity contribution in [2.45, 2.75) is 26.8 Å². The molecule has 1 aromatic carbocycles. The Balaban J connectivity index is 2.98. The quantitative estimate of drug-likeness (QED) is 0.717. The molecule has 1 rings (SSSR count). The number of benzene rings is 1. The maximum Gasteiger partial charge on any atom is 0.0506 e. The summed E-state index contributed by atoms with van der Waals surface area (Å²) in [4.78, 5) is 0. The van der Waals surface area contributed by atoms with Crippen LogP contribution in [0.25, 0.3) is 0 Å². The van der Waals surface area contributed by atoms with Gasteiger partial charge >= 0.3 is 0 Å². The Kier molecular flexibility index (Phi) is 3.90. The van der Waals surface area contributed by atoms with Crippen molar-refractivity contribution in [1.82, 2.24) is 5.32 Å². The predicted molar refractivity (Wildman–Crippen MR) is 62.5 cm³/mol. The first-order chi connectivity index (χ1) is 6.69. The van der Waals surface area contributed by atoms with Crippen LogP contribution in [-0.2, 0) is 0 Å². The summed E-state index contributed by atoms with van der Waals surface area (Å²) in [6.45, 7) is 11.2. The van der Waals surface area contributed by atoms with Gasteiger partial charge in [0.1, 0.15) is 0 Å². The number of hydrogen-bond donors (Lipinski definition) is 1. The van der Waals surface area contributed by atoms with E-state index in [0.29, 0.717) is 0 Å². The fraction of sp³-hybridized carbons (Fsp3) is 0.385. The number of likely N-dealkylation sites (N-methyl/N-ethyl adjacent to an activating group) is 1. The molecule has 1 atom stereocenters. The Morgan fingerprint density at radius 2 is 2.14 bits per heavy atom. The van der Waals surface area contributed by atoms with Gasteiger partial charge in [-0.25, -0.2) is 0 Å². The molecule has 0 fully saturated rings. The molecule has 0 spiro atoms. The molecule has 0 aliphatic rings. The first kappa shape index (κ1) is 11.0. The van der Waals surface area contributed by atoms with Gasteiger partial charge < -0.3 is 5.32 Å². The van der Waals surface area contributed by atoms with E-state index in [1.807, 2.05) is 6.08 Å². The average molecular weight is 189 g/mol. The number of rotatable bonds is 4. The van der Waals surface area contributed by atoms with Crippen molar-refractivity contribution >= 4 is 0 Å². The van der Waals surface area contributed by atoms with E-state index < -0.39 is 0 Å². The van der Waals surface area contributed by atoms with E-state index in [4.69, 9.17) is 0 Å². The van der Waals surface area contributed by atoms with Crippen LogP contribution in [0.1, 0.15) is 29.7 Å². The molecule has 0 saturated heterocycles. The minimum atomic E-state index is 0.278. The predicted octanol–water partition coefficient (Wildman–Crippen LogP) is 3.14. The topological polar surface area (TPSA) is 12.0 Å². The highest BCUT2D eigenvalue weighted by Gasteiger charge is 2.07. The SMILES string of the molecule is C=CC(NCC)c1ccc(C)cc1C. The number of hydrogen-bond acceptors (Lipinski definition) is 1. The summed E-state index contributed by atoms with van der Waals surface area (Å²) >= 11 is 0. The van der Waals surface area contributed by atoms with Crippen LogP contribution in [0.3, 0.4) is 0 Å². The fourth-order valence-corrected chi connectivity index (χ4v) is 1.71. The highest BCUT2D eigenvalue weighted by molar-refractivity contribution is 5.34.